The lowest BCUT2D eigenvalue weighted by molar-refractivity contribution is 0.422. The summed E-state index contributed by atoms with van der Waals surface area (Å²) in [6, 6.07) is 12.8. The van der Waals surface area contributed by atoms with E-state index in [1.807, 2.05) is 37.3 Å². The number of aromatic nitrogens is 2. The van der Waals surface area contributed by atoms with Gasteiger partial charge >= 0.3 is 0 Å². The van der Waals surface area contributed by atoms with E-state index in [0.717, 1.165) is 16.7 Å². The van der Waals surface area contributed by atoms with E-state index in [4.69, 9.17) is 16.1 Å². The number of aromatic hydroxyl groups is 1. The van der Waals surface area contributed by atoms with E-state index in [2.05, 4.69) is 10.1 Å². The molecule has 0 fully saturated rings. The molecule has 4 nitrogen and oxygen atoms in total. The number of benzene rings is 2. The second-order valence-corrected chi connectivity index (χ2v) is 5.21. The Kier molecular flexibility index (Phi) is 3.62. The summed E-state index contributed by atoms with van der Waals surface area (Å²) in [6.07, 6.45) is 0.544. The van der Waals surface area contributed by atoms with E-state index in [9.17, 15) is 5.11 Å². The van der Waals surface area contributed by atoms with Gasteiger partial charge in [0.05, 0.1) is 0 Å². The van der Waals surface area contributed by atoms with Gasteiger partial charge in [0, 0.05) is 22.6 Å². The second kappa shape index (κ2) is 5.58. The van der Waals surface area contributed by atoms with Gasteiger partial charge in [-0.05, 0) is 36.8 Å². The van der Waals surface area contributed by atoms with E-state index < -0.39 is 0 Å². The number of hydrogen-bond acceptors (Lipinski definition) is 4. The van der Waals surface area contributed by atoms with Crippen molar-refractivity contribution in [1.29, 1.82) is 0 Å². The van der Waals surface area contributed by atoms with Crippen molar-refractivity contribution in [2.45, 2.75) is 13.3 Å². The van der Waals surface area contributed by atoms with Gasteiger partial charge in [-0.1, -0.05) is 35.0 Å². The first kappa shape index (κ1) is 13.6. The van der Waals surface area contributed by atoms with Crippen LogP contribution in [0.15, 0.2) is 47.0 Å². The lowest BCUT2D eigenvalue weighted by atomic mass is 10.1. The molecule has 1 aromatic heterocycles. The van der Waals surface area contributed by atoms with Gasteiger partial charge in [-0.15, -0.1) is 0 Å². The molecule has 5 heteroatoms. The van der Waals surface area contributed by atoms with Crippen LogP contribution in [0.2, 0.25) is 5.02 Å². The van der Waals surface area contributed by atoms with Crippen LogP contribution >= 0.6 is 11.6 Å². The Bertz CT molecular complexity index is 783. The largest absolute Gasteiger partial charge is 0.508 e. The summed E-state index contributed by atoms with van der Waals surface area (Å²) in [6.45, 7) is 1.81. The monoisotopic (exact) mass is 300 g/mol. The van der Waals surface area contributed by atoms with E-state index in [-0.39, 0.29) is 5.75 Å². The van der Waals surface area contributed by atoms with Crippen LogP contribution in [0.3, 0.4) is 0 Å². The maximum Gasteiger partial charge on any atom is 0.258 e. The highest BCUT2D eigenvalue weighted by Crippen LogP contribution is 2.28. The highest BCUT2D eigenvalue weighted by Gasteiger charge is 2.13. The van der Waals surface area contributed by atoms with Gasteiger partial charge < -0.3 is 9.63 Å². The third kappa shape index (κ3) is 2.90. The Morgan fingerprint density at radius 2 is 2.00 bits per heavy atom. The van der Waals surface area contributed by atoms with Crippen molar-refractivity contribution in [3.8, 4) is 17.2 Å². The summed E-state index contributed by atoms with van der Waals surface area (Å²) in [5, 5.41) is 14.4. The van der Waals surface area contributed by atoms with Crippen molar-refractivity contribution >= 4 is 11.6 Å². The second-order valence-electron chi connectivity index (χ2n) is 4.77. The van der Waals surface area contributed by atoms with Crippen LogP contribution in [0, 0.1) is 6.92 Å². The average molecular weight is 301 g/mol. The van der Waals surface area contributed by atoms with Crippen molar-refractivity contribution in [2.24, 2.45) is 0 Å². The molecule has 0 aliphatic rings. The van der Waals surface area contributed by atoms with Gasteiger partial charge in [-0.2, -0.15) is 4.98 Å². The first-order valence-corrected chi connectivity index (χ1v) is 6.87. The summed E-state index contributed by atoms with van der Waals surface area (Å²) in [5.74, 6) is 1.19. The topological polar surface area (TPSA) is 59.2 Å². The normalized spacial score (nSPS) is 10.8. The van der Waals surface area contributed by atoms with Gasteiger partial charge in [0.25, 0.3) is 5.89 Å². The van der Waals surface area contributed by atoms with Gasteiger partial charge in [-0.3, -0.25) is 0 Å². The molecule has 0 saturated carbocycles. The third-order valence-corrected chi connectivity index (χ3v) is 3.49. The van der Waals surface area contributed by atoms with Crippen molar-refractivity contribution in [1.82, 2.24) is 10.1 Å². The molecule has 21 heavy (non-hydrogen) atoms. The molecule has 0 spiro atoms. The van der Waals surface area contributed by atoms with Crippen molar-refractivity contribution < 1.29 is 9.63 Å². The summed E-state index contributed by atoms with van der Waals surface area (Å²) in [5.41, 5.74) is 2.47. The first-order valence-electron chi connectivity index (χ1n) is 6.49. The summed E-state index contributed by atoms with van der Waals surface area (Å²) in [7, 11) is 0. The first-order chi connectivity index (χ1) is 10.1. The van der Waals surface area contributed by atoms with Crippen molar-refractivity contribution in [3.63, 3.8) is 0 Å². The van der Waals surface area contributed by atoms with E-state index in [1.165, 1.54) is 0 Å². The highest BCUT2D eigenvalue weighted by molar-refractivity contribution is 6.30. The van der Waals surface area contributed by atoms with Crippen molar-refractivity contribution in [3.05, 3.63) is 64.4 Å². The third-order valence-electron chi connectivity index (χ3n) is 3.25. The van der Waals surface area contributed by atoms with Crippen LogP contribution in [0.5, 0.6) is 5.75 Å². The summed E-state index contributed by atoms with van der Waals surface area (Å²) in [4.78, 5) is 4.38. The maximum atomic E-state index is 9.73. The van der Waals surface area contributed by atoms with Gasteiger partial charge in [0.2, 0.25) is 0 Å². The number of rotatable bonds is 3. The molecule has 1 N–H and O–H groups in total. The van der Waals surface area contributed by atoms with E-state index in [1.54, 1.807) is 12.1 Å². The Labute approximate surface area is 127 Å². The molecule has 0 bridgehead atoms. The van der Waals surface area contributed by atoms with Gasteiger partial charge in [0.1, 0.15) is 5.75 Å². The molecular weight excluding hydrogens is 288 g/mol. The Morgan fingerprint density at radius 3 is 2.81 bits per heavy atom. The molecule has 1 heterocycles. The fourth-order valence-electron chi connectivity index (χ4n) is 2.12. The van der Waals surface area contributed by atoms with Gasteiger partial charge in [-0.25, -0.2) is 0 Å². The van der Waals surface area contributed by atoms with Crippen LogP contribution in [-0.2, 0) is 6.42 Å². The smallest absolute Gasteiger partial charge is 0.258 e. The molecular formula is C16H13ClN2O2. The predicted molar refractivity (Wildman–Crippen MR) is 80.4 cm³/mol. The quantitative estimate of drug-likeness (QED) is 0.794. The minimum Gasteiger partial charge on any atom is -0.508 e. The Hall–Kier alpha value is -2.33. The predicted octanol–water partition coefficient (Wildman–Crippen LogP) is 3.99. The number of hydrogen-bond donors (Lipinski definition) is 1. The lowest BCUT2D eigenvalue weighted by Crippen LogP contribution is -1.91. The fourth-order valence-corrected chi connectivity index (χ4v) is 2.33. The molecule has 106 valence electrons. The van der Waals surface area contributed by atoms with Crippen LogP contribution in [0.1, 0.15) is 17.0 Å². The standard InChI is InChI=1S/C16H13ClN2O2/c1-10-13(6-3-7-14(10)20)16-18-15(19-21-16)9-11-4-2-5-12(17)8-11/h2-8,20H,9H2,1H3. The molecule has 0 aliphatic carbocycles. The summed E-state index contributed by atoms with van der Waals surface area (Å²) >= 11 is 5.96. The van der Waals surface area contributed by atoms with E-state index >= 15 is 0 Å². The number of nitrogens with zero attached hydrogens (tertiary/aromatic N) is 2. The van der Waals surface area contributed by atoms with Gasteiger partial charge in [0.15, 0.2) is 5.82 Å². The molecule has 0 amide bonds. The SMILES string of the molecule is Cc1c(O)cccc1-c1nc(Cc2cccc(Cl)c2)no1. The van der Waals surface area contributed by atoms with Crippen molar-refractivity contribution in [2.75, 3.05) is 0 Å². The molecule has 0 saturated heterocycles. The molecule has 0 aliphatic heterocycles. The molecule has 0 radical (unpaired) electrons. The zero-order valence-corrected chi connectivity index (χ0v) is 12.1. The van der Waals surface area contributed by atoms with Crippen LogP contribution in [0.25, 0.3) is 11.5 Å². The van der Waals surface area contributed by atoms with Crippen LogP contribution in [0.4, 0.5) is 0 Å². The van der Waals surface area contributed by atoms with Crippen LogP contribution in [-0.4, -0.2) is 15.2 Å². The molecule has 2 aromatic carbocycles. The number of phenols is 1. The highest BCUT2D eigenvalue weighted by atomic mass is 35.5. The molecule has 0 unspecified atom stereocenters. The molecule has 3 rings (SSSR count). The zero-order chi connectivity index (χ0) is 14.8. The minimum absolute atomic E-state index is 0.210. The number of phenolic OH excluding ortho intramolecular Hbond substituents is 1. The molecule has 3 aromatic rings. The maximum absolute atomic E-state index is 9.73. The Balaban J connectivity index is 1.88. The summed E-state index contributed by atoms with van der Waals surface area (Å²) < 4.78 is 5.28. The van der Waals surface area contributed by atoms with Crippen LogP contribution < -0.4 is 0 Å². The fraction of sp³-hybridized carbons (Fsp3) is 0.125. The molecule has 0 atom stereocenters. The number of halogens is 1. The lowest BCUT2D eigenvalue weighted by Gasteiger charge is -2.02. The minimum atomic E-state index is 0.210. The average Bonchev–Trinajstić information content (AvgIpc) is 2.90. The Morgan fingerprint density at radius 1 is 1.19 bits per heavy atom. The zero-order valence-electron chi connectivity index (χ0n) is 11.4. The van der Waals surface area contributed by atoms with E-state index in [0.29, 0.717) is 23.2 Å².